The molecule has 35 heavy (non-hydrogen) atoms. The number of hydrogen-bond acceptors (Lipinski definition) is 3. The first kappa shape index (κ1) is 25.6. The van der Waals surface area contributed by atoms with Gasteiger partial charge in [0.1, 0.15) is 0 Å². The van der Waals surface area contributed by atoms with Crippen LogP contribution in [0.3, 0.4) is 0 Å². The Morgan fingerprint density at radius 2 is 1.80 bits per heavy atom. The van der Waals surface area contributed by atoms with Gasteiger partial charge < -0.3 is 9.47 Å². The topological polar surface area (TPSA) is 24.3 Å². The molecule has 3 aromatic rings. The molecule has 0 spiro atoms. The van der Waals surface area contributed by atoms with Crippen LogP contribution >= 0.6 is 11.6 Å². The summed E-state index contributed by atoms with van der Waals surface area (Å²) in [4.78, 5) is 8.16. The first-order valence-corrected chi connectivity index (χ1v) is 12.5. The Kier molecular flexibility index (Phi) is 7.77. The number of benzene rings is 2. The molecular formula is C27H32ClF3N4. The van der Waals surface area contributed by atoms with Crippen molar-refractivity contribution in [3.63, 3.8) is 0 Å². The molecule has 2 aromatic carbocycles. The maximum absolute atomic E-state index is 14.2. The zero-order valence-corrected chi connectivity index (χ0v) is 21.3. The monoisotopic (exact) mass is 504 g/mol. The molecule has 8 heteroatoms. The van der Waals surface area contributed by atoms with Gasteiger partial charge in [-0.3, -0.25) is 4.90 Å². The van der Waals surface area contributed by atoms with E-state index in [0.29, 0.717) is 30.6 Å². The Bertz CT molecular complexity index is 1130. The van der Waals surface area contributed by atoms with E-state index >= 15 is 0 Å². The molecule has 0 saturated carbocycles. The average Bonchev–Trinajstić information content (AvgIpc) is 3.17. The average molecular weight is 505 g/mol. The number of aryl methyl sites for hydroxylation is 2. The molecule has 188 valence electrons. The first-order valence-electron chi connectivity index (χ1n) is 12.2. The van der Waals surface area contributed by atoms with Gasteiger partial charge in [-0.15, -0.1) is 0 Å². The van der Waals surface area contributed by atoms with Crippen molar-refractivity contribution in [2.75, 3.05) is 24.5 Å². The summed E-state index contributed by atoms with van der Waals surface area (Å²) in [6.07, 6.45) is -2.17. The van der Waals surface area contributed by atoms with Crippen LogP contribution in [-0.4, -0.2) is 34.1 Å². The van der Waals surface area contributed by atoms with Crippen LogP contribution in [0.2, 0.25) is 5.02 Å². The van der Waals surface area contributed by atoms with Crippen LogP contribution < -0.4 is 4.90 Å². The molecular weight excluding hydrogens is 473 g/mol. The smallest absolute Gasteiger partial charge is 0.312 e. The van der Waals surface area contributed by atoms with Gasteiger partial charge in [-0.25, -0.2) is 4.98 Å². The summed E-state index contributed by atoms with van der Waals surface area (Å²) < 4.78 is 44.4. The number of hydrogen-bond donors (Lipinski definition) is 0. The molecule has 0 bridgehead atoms. The van der Waals surface area contributed by atoms with E-state index in [2.05, 4.69) is 28.9 Å². The van der Waals surface area contributed by atoms with E-state index in [0.717, 1.165) is 42.6 Å². The van der Waals surface area contributed by atoms with Crippen molar-refractivity contribution in [3.8, 4) is 0 Å². The molecule has 1 aromatic heterocycles. The Balaban J connectivity index is 1.71. The van der Waals surface area contributed by atoms with Gasteiger partial charge >= 0.3 is 6.18 Å². The second kappa shape index (κ2) is 10.6. The highest BCUT2D eigenvalue weighted by Crippen LogP contribution is 2.41. The third-order valence-electron chi connectivity index (χ3n) is 6.47. The Labute approximate surface area is 210 Å². The van der Waals surface area contributed by atoms with Gasteiger partial charge in [0.05, 0.1) is 16.4 Å². The molecule has 0 N–H and O–H groups in total. The number of alkyl halides is 3. The Morgan fingerprint density at radius 3 is 2.46 bits per heavy atom. The van der Waals surface area contributed by atoms with Crippen molar-refractivity contribution in [2.24, 2.45) is 0 Å². The van der Waals surface area contributed by atoms with Crippen LogP contribution in [-0.2, 0) is 25.7 Å². The number of imidazole rings is 1. The van der Waals surface area contributed by atoms with Crippen LogP contribution in [0.4, 0.5) is 24.8 Å². The van der Waals surface area contributed by atoms with Gasteiger partial charge in [-0.05, 0) is 62.4 Å². The quantitative estimate of drug-likeness (QED) is 0.325. The SMILES string of the molecule is CCCN(CCc1ccccc1)Cc1c(C(F)(F)F)nc2n1CCCN2c1c(C)cc(C)cc1Cl. The predicted octanol–water partition coefficient (Wildman–Crippen LogP) is 7.17. The Hall–Kier alpha value is -2.51. The molecule has 4 rings (SSSR count). The van der Waals surface area contributed by atoms with E-state index in [1.807, 2.05) is 49.1 Å². The third-order valence-corrected chi connectivity index (χ3v) is 6.75. The molecule has 0 aliphatic carbocycles. The van der Waals surface area contributed by atoms with Crippen molar-refractivity contribution >= 4 is 23.2 Å². The fraction of sp³-hybridized carbons (Fsp3) is 0.444. The molecule has 0 atom stereocenters. The molecule has 0 saturated heterocycles. The van der Waals surface area contributed by atoms with Crippen LogP contribution in [0.5, 0.6) is 0 Å². The summed E-state index contributed by atoms with van der Waals surface area (Å²) in [5.74, 6) is 0.326. The van der Waals surface area contributed by atoms with Crippen LogP contribution in [0, 0.1) is 13.8 Å². The first-order chi connectivity index (χ1) is 16.7. The van der Waals surface area contributed by atoms with Gasteiger partial charge in [-0.2, -0.15) is 13.2 Å². The lowest BCUT2D eigenvalue weighted by Crippen LogP contribution is -2.32. The summed E-state index contributed by atoms with van der Waals surface area (Å²) in [7, 11) is 0. The minimum atomic E-state index is -4.53. The largest absolute Gasteiger partial charge is 0.435 e. The number of nitrogens with zero attached hydrogens (tertiary/aromatic N) is 4. The Morgan fingerprint density at radius 1 is 1.06 bits per heavy atom. The third kappa shape index (κ3) is 5.67. The van der Waals surface area contributed by atoms with Gasteiger partial charge in [0.2, 0.25) is 5.95 Å². The molecule has 4 nitrogen and oxygen atoms in total. The normalized spacial score (nSPS) is 14.0. The summed E-state index contributed by atoms with van der Waals surface area (Å²) in [6.45, 7) is 8.63. The van der Waals surface area contributed by atoms with Gasteiger partial charge in [0.25, 0.3) is 0 Å². The zero-order chi connectivity index (χ0) is 25.2. The van der Waals surface area contributed by atoms with E-state index in [1.54, 1.807) is 4.57 Å². The minimum absolute atomic E-state index is 0.205. The van der Waals surface area contributed by atoms with E-state index in [-0.39, 0.29) is 12.2 Å². The van der Waals surface area contributed by atoms with Crippen molar-refractivity contribution in [1.29, 1.82) is 0 Å². The van der Waals surface area contributed by atoms with Crippen molar-refractivity contribution in [2.45, 2.75) is 59.3 Å². The fourth-order valence-corrected chi connectivity index (χ4v) is 5.40. The number of aromatic nitrogens is 2. The van der Waals surface area contributed by atoms with E-state index < -0.39 is 11.9 Å². The number of anilines is 2. The van der Waals surface area contributed by atoms with Crippen LogP contribution in [0.15, 0.2) is 42.5 Å². The lowest BCUT2D eigenvalue weighted by Gasteiger charge is -2.32. The van der Waals surface area contributed by atoms with Crippen LogP contribution in [0.1, 0.15) is 47.8 Å². The second-order valence-electron chi connectivity index (χ2n) is 9.29. The summed E-state index contributed by atoms with van der Waals surface area (Å²) in [5.41, 5.74) is 3.30. The highest BCUT2D eigenvalue weighted by Gasteiger charge is 2.41. The predicted molar refractivity (Wildman–Crippen MR) is 135 cm³/mol. The molecule has 0 unspecified atom stereocenters. The van der Waals surface area contributed by atoms with Gasteiger partial charge in [0, 0.05) is 26.2 Å². The summed E-state index contributed by atoms with van der Waals surface area (Å²) >= 11 is 6.59. The fourth-order valence-electron chi connectivity index (χ4n) is 4.98. The van der Waals surface area contributed by atoms with Crippen molar-refractivity contribution in [1.82, 2.24) is 14.5 Å². The number of halogens is 4. The van der Waals surface area contributed by atoms with E-state index in [1.165, 1.54) is 5.56 Å². The second-order valence-corrected chi connectivity index (χ2v) is 9.69. The highest BCUT2D eigenvalue weighted by atomic mass is 35.5. The molecule has 0 amide bonds. The molecule has 0 fully saturated rings. The lowest BCUT2D eigenvalue weighted by atomic mass is 10.1. The van der Waals surface area contributed by atoms with Crippen molar-refractivity contribution < 1.29 is 13.2 Å². The van der Waals surface area contributed by atoms with Crippen molar-refractivity contribution in [3.05, 3.63) is 75.6 Å². The van der Waals surface area contributed by atoms with Gasteiger partial charge in [-0.1, -0.05) is 54.9 Å². The number of rotatable bonds is 8. The maximum Gasteiger partial charge on any atom is 0.435 e. The maximum atomic E-state index is 14.2. The number of fused-ring (bicyclic) bond motifs is 1. The summed E-state index contributed by atoms with van der Waals surface area (Å²) in [5, 5.41) is 0.532. The van der Waals surface area contributed by atoms with E-state index in [9.17, 15) is 13.2 Å². The zero-order valence-electron chi connectivity index (χ0n) is 20.5. The minimum Gasteiger partial charge on any atom is -0.312 e. The molecule has 1 aliphatic heterocycles. The van der Waals surface area contributed by atoms with E-state index in [4.69, 9.17) is 11.6 Å². The molecule has 0 radical (unpaired) electrons. The van der Waals surface area contributed by atoms with Crippen LogP contribution in [0.25, 0.3) is 0 Å². The summed E-state index contributed by atoms with van der Waals surface area (Å²) in [6, 6.07) is 13.9. The molecule has 2 heterocycles. The highest BCUT2D eigenvalue weighted by molar-refractivity contribution is 6.33. The standard InChI is InChI=1S/C27H32ClF3N4/c1-4-12-33(15-11-21-9-6-5-7-10-21)18-23-25(27(29,30)31)32-26-34(23)13-8-14-35(26)24-20(3)16-19(2)17-22(24)28/h5-7,9-10,16-17H,4,8,11-15,18H2,1-3H3. The molecule has 1 aliphatic rings. The van der Waals surface area contributed by atoms with Gasteiger partial charge in [0.15, 0.2) is 5.69 Å². The lowest BCUT2D eigenvalue weighted by molar-refractivity contribution is -0.141.